The minimum atomic E-state index is -3.83. The standard InChI is InChI=1S/C18H18O4S/c1-14(13-16-9-5-3-6-10-16)18(22-15(2)19)23(20,21)17-11-7-4-8-12-17/h3-13,18H,1-2H3/b14-13+/t18-/m0/s1. The van der Waals surface area contributed by atoms with Crippen LogP contribution < -0.4 is 0 Å². The van der Waals surface area contributed by atoms with Crippen LogP contribution in [-0.4, -0.2) is 19.8 Å². The highest BCUT2D eigenvalue weighted by molar-refractivity contribution is 7.92. The number of carbonyl (C=O) groups is 1. The van der Waals surface area contributed by atoms with Crippen LogP contribution in [-0.2, 0) is 19.4 Å². The van der Waals surface area contributed by atoms with Crippen molar-refractivity contribution >= 4 is 21.9 Å². The molecule has 2 aromatic carbocycles. The van der Waals surface area contributed by atoms with E-state index < -0.39 is 21.2 Å². The SMILES string of the molecule is CC(=O)O[C@H](/C(C)=C/c1ccccc1)S(=O)(=O)c1ccccc1. The van der Waals surface area contributed by atoms with Gasteiger partial charge in [-0.2, -0.15) is 0 Å². The molecule has 5 heteroatoms. The summed E-state index contributed by atoms with van der Waals surface area (Å²) < 4.78 is 30.7. The molecule has 120 valence electrons. The molecule has 0 saturated heterocycles. The first kappa shape index (κ1) is 17.0. The molecule has 0 radical (unpaired) electrons. The molecule has 2 aromatic rings. The molecule has 0 aliphatic rings. The Bertz CT molecular complexity index is 793. The Kier molecular flexibility index (Phi) is 5.34. The molecule has 0 N–H and O–H groups in total. The second kappa shape index (κ2) is 7.24. The van der Waals surface area contributed by atoms with Crippen molar-refractivity contribution in [1.82, 2.24) is 0 Å². The maximum atomic E-state index is 12.8. The highest BCUT2D eigenvalue weighted by Gasteiger charge is 2.31. The van der Waals surface area contributed by atoms with Gasteiger partial charge < -0.3 is 4.74 Å². The van der Waals surface area contributed by atoms with Gasteiger partial charge in [0.25, 0.3) is 0 Å². The molecule has 1 atom stereocenters. The summed E-state index contributed by atoms with van der Waals surface area (Å²) in [7, 11) is -3.83. The molecule has 0 heterocycles. The fourth-order valence-electron chi connectivity index (χ4n) is 2.17. The molecular weight excluding hydrogens is 312 g/mol. The van der Waals surface area contributed by atoms with Gasteiger partial charge in [0.1, 0.15) is 0 Å². The lowest BCUT2D eigenvalue weighted by molar-refractivity contribution is -0.141. The zero-order valence-electron chi connectivity index (χ0n) is 13.0. The van der Waals surface area contributed by atoms with E-state index in [-0.39, 0.29) is 4.90 Å². The second-order valence-electron chi connectivity index (χ2n) is 5.10. The Labute approximate surface area is 136 Å². The molecule has 0 saturated carbocycles. The molecule has 0 aliphatic heterocycles. The average molecular weight is 330 g/mol. The Morgan fingerprint density at radius 1 is 0.957 bits per heavy atom. The third kappa shape index (κ3) is 4.29. The van der Waals surface area contributed by atoms with Crippen LogP contribution in [0.2, 0.25) is 0 Å². The third-order valence-electron chi connectivity index (χ3n) is 3.19. The van der Waals surface area contributed by atoms with Crippen molar-refractivity contribution in [3.63, 3.8) is 0 Å². The first-order valence-electron chi connectivity index (χ1n) is 7.10. The first-order chi connectivity index (χ1) is 10.9. The first-order valence-corrected chi connectivity index (χ1v) is 8.65. The third-order valence-corrected chi connectivity index (χ3v) is 5.15. The summed E-state index contributed by atoms with van der Waals surface area (Å²) in [5.41, 5.74) is -0.0664. The van der Waals surface area contributed by atoms with E-state index in [4.69, 9.17) is 4.74 Å². The normalized spacial score (nSPS) is 13.4. The van der Waals surface area contributed by atoms with Gasteiger partial charge in [0.2, 0.25) is 15.3 Å². The van der Waals surface area contributed by atoms with Crippen LogP contribution in [0.15, 0.2) is 71.1 Å². The van der Waals surface area contributed by atoms with Crippen LogP contribution in [0.3, 0.4) is 0 Å². The lowest BCUT2D eigenvalue weighted by Crippen LogP contribution is -2.28. The van der Waals surface area contributed by atoms with Crippen molar-refractivity contribution < 1.29 is 17.9 Å². The van der Waals surface area contributed by atoms with E-state index in [2.05, 4.69) is 0 Å². The van der Waals surface area contributed by atoms with Crippen molar-refractivity contribution in [3.05, 3.63) is 71.8 Å². The molecule has 0 amide bonds. The van der Waals surface area contributed by atoms with E-state index in [0.717, 1.165) is 5.56 Å². The van der Waals surface area contributed by atoms with E-state index in [9.17, 15) is 13.2 Å². The number of benzene rings is 2. The van der Waals surface area contributed by atoms with E-state index in [0.29, 0.717) is 5.57 Å². The Morgan fingerprint density at radius 3 is 2.00 bits per heavy atom. The molecule has 0 spiro atoms. The largest absolute Gasteiger partial charge is 0.441 e. The molecule has 0 bridgehead atoms. The Morgan fingerprint density at radius 2 is 1.48 bits per heavy atom. The second-order valence-corrected chi connectivity index (χ2v) is 7.09. The predicted octanol–water partition coefficient (Wildman–Crippen LogP) is 3.45. The number of ether oxygens (including phenoxy) is 1. The quantitative estimate of drug-likeness (QED) is 0.788. The number of hydrogen-bond acceptors (Lipinski definition) is 4. The van der Waals surface area contributed by atoms with E-state index >= 15 is 0 Å². The zero-order valence-corrected chi connectivity index (χ0v) is 13.8. The van der Waals surface area contributed by atoms with Crippen molar-refractivity contribution in [2.24, 2.45) is 0 Å². The van der Waals surface area contributed by atoms with Gasteiger partial charge >= 0.3 is 5.97 Å². The predicted molar refractivity (Wildman–Crippen MR) is 89.3 cm³/mol. The smallest absolute Gasteiger partial charge is 0.304 e. The summed E-state index contributed by atoms with van der Waals surface area (Å²) in [6, 6.07) is 17.2. The average Bonchev–Trinajstić information content (AvgIpc) is 2.54. The number of hydrogen-bond donors (Lipinski definition) is 0. The maximum Gasteiger partial charge on any atom is 0.304 e. The fourth-order valence-corrected chi connectivity index (χ4v) is 3.77. The highest BCUT2D eigenvalue weighted by atomic mass is 32.2. The van der Waals surface area contributed by atoms with Gasteiger partial charge in [-0.25, -0.2) is 8.42 Å². The molecule has 0 fully saturated rings. The molecule has 0 unspecified atom stereocenters. The van der Waals surface area contributed by atoms with E-state index in [1.54, 1.807) is 31.2 Å². The molecule has 0 aliphatic carbocycles. The topological polar surface area (TPSA) is 60.4 Å². The summed E-state index contributed by atoms with van der Waals surface area (Å²) in [6.45, 7) is 2.84. The van der Waals surface area contributed by atoms with Crippen LogP contribution in [0.4, 0.5) is 0 Å². The van der Waals surface area contributed by atoms with E-state index in [1.807, 2.05) is 30.3 Å². The van der Waals surface area contributed by atoms with Gasteiger partial charge in [0.05, 0.1) is 4.90 Å². The van der Waals surface area contributed by atoms with Crippen LogP contribution in [0.1, 0.15) is 19.4 Å². The number of sulfone groups is 1. The number of esters is 1. The van der Waals surface area contributed by atoms with Gasteiger partial charge in [-0.1, -0.05) is 54.6 Å². The fraction of sp³-hybridized carbons (Fsp3) is 0.167. The van der Waals surface area contributed by atoms with Gasteiger partial charge in [-0.15, -0.1) is 0 Å². The molecule has 4 nitrogen and oxygen atoms in total. The van der Waals surface area contributed by atoms with Crippen LogP contribution in [0, 0.1) is 0 Å². The van der Waals surface area contributed by atoms with E-state index in [1.165, 1.54) is 19.1 Å². The molecule has 0 aromatic heterocycles. The maximum absolute atomic E-state index is 12.8. The van der Waals surface area contributed by atoms with Gasteiger partial charge in [-0.3, -0.25) is 4.79 Å². The summed E-state index contributed by atoms with van der Waals surface area (Å²) in [4.78, 5) is 11.5. The molecular formula is C18H18O4S. The van der Waals surface area contributed by atoms with Gasteiger partial charge in [-0.05, 0) is 30.2 Å². The number of carbonyl (C=O) groups excluding carboxylic acids is 1. The van der Waals surface area contributed by atoms with Crippen molar-refractivity contribution in [2.45, 2.75) is 24.2 Å². The lowest BCUT2D eigenvalue weighted by atomic mass is 10.1. The monoisotopic (exact) mass is 330 g/mol. The minimum Gasteiger partial charge on any atom is -0.441 e. The lowest BCUT2D eigenvalue weighted by Gasteiger charge is -2.18. The zero-order chi connectivity index (χ0) is 16.9. The molecule has 23 heavy (non-hydrogen) atoms. The Hall–Kier alpha value is -2.40. The van der Waals surface area contributed by atoms with Crippen LogP contribution in [0.25, 0.3) is 6.08 Å². The summed E-state index contributed by atoms with van der Waals surface area (Å²) in [6.07, 6.45) is 1.70. The van der Waals surface area contributed by atoms with Crippen LogP contribution >= 0.6 is 0 Å². The summed E-state index contributed by atoms with van der Waals surface area (Å²) in [5, 5.41) is 0. The van der Waals surface area contributed by atoms with Crippen molar-refractivity contribution in [1.29, 1.82) is 0 Å². The summed E-state index contributed by atoms with van der Waals surface area (Å²) in [5.74, 6) is -0.643. The van der Waals surface area contributed by atoms with Crippen molar-refractivity contribution in [2.75, 3.05) is 0 Å². The van der Waals surface area contributed by atoms with Gasteiger partial charge in [0.15, 0.2) is 0 Å². The molecule has 2 rings (SSSR count). The highest BCUT2D eigenvalue weighted by Crippen LogP contribution is 2.24. The van der Waals surface area contributed by atoms with Crippen LogP contribution in [0.5, 0.6) is 0 Å². The van der Waals surface area contributed by atoms with Crippen molar-refractivity contribution in [3.8, 4) is 0 Å². The summed E-state index contributed by atoms with van der Waals surface area (Å²) >= 11 is 0. The van der Waals surface area contributed by atoms with Gasteiger partial charge in [0, 0.05) is 6.92 Å². The number of rotatable bonds is 5. The minimum absolute atomic E-state index is 0.118. The Balaban J connectivity index is 2.45.